The number of fused-ring (bicyclic) bond motifs is 1. The van der Waals surface area contributed by atoms with E-state index in [0.29, 0.717) is 11.7 Å². The zero-order chi connectivity index (χ0) is 11.0. The first-order chi connectivity index (χ1) is 7.88. The minimum Gasteiger partial charge on any atom is -0.339 e. The van der Waals surface area contributed by atoms with E-state index in [1.165, 1.54) is 0 Å². The van der Waals surface area contributed by atoms with Gasteiger partial charge in [0, 0.05) is 11.8 Å². The third-order valence-corrected chi connectivity index (χ3v) is 2.45. The molecule has 0 aliphatic rings. The van der Waals surface area contributed by atoms with E-state index in [1.54, 1.807) is 0 Å². The monoisotopic (exact) mass is 214 g/mol. The lowest BCUT2D eigenvalue weighted by Gasteiger charge is -1.88. The van der Waals surface area contributed by atoms with E-state index in [4.69, 9.17) is 4.52 Å². The molecule has 0 aliphatic heterocycles. The first kappa shape index (κ1) is 9.08. The van der Waals surface area contributed by atoms with Crippen LogP contribution >= 0.6 is 0 Å². The molecule has 0 radical (unpaired) electrons. The number of nitrogens with zero attached hydrogens (tertiary/aromatic N) is 3. The minimum atomic E-state index is 0.536. The zero-order valence-corrected chi connectivity index (χ0v) is 8.77. The lowest BCUT2D eigenvalue weighted by molar-refractivity contribution is 0.382. The highest BCUT2D eigenvalue weighted by molar-refractivity contribution is 5.90. The van der Waals surface area contributed by atoms with Gasteiger partial charge in [0.25, 0.3) is 0 Å². The van der Waals surface area contributed by atoms with Crippen LogP contribution < -0.4 is 0 Å². The van der Waals surface area contributed by atoms with Gasteiger partial charge in [-0.15, -0.1) is 0 Å². The molecule has 0 saturated carbocycles. The Labute approximate surface area is 91.5 Å². The highest BCUT2D eigenvalue weighted by Crippen LogP contribution is 2.23. The van der Waals surface area contributed by atoms with Crippen molar-refractivity contribution < 1.29 is 4.52 Å². The Balaban J connectivity index is 2.18. The number of aromatic amines is 1. The fraction of sp³-hybridized carbons (Fsp3) is 0.182. The van der Waals surface area contributed by atoms with E-state index >= 15 is 0 Å². The maximum absolute atomic E-state index is 5.07. The van der Waals surface area contributed by atoms with Crippen LogP contribution in [0.25, 0.3) is 22.4 Å². The summed E-state index contributed by atoms with van der Waals surface area (Å²) >= 11 is 0. The minimum absolute atomic E-state index is 0.536. The molecule has 3 aromatic rings. The Hall–Kier alpha value is -2.17. The summed E-state index contributed by atoms with van der Waals surface area (Å²) in [5.74, 6) is 1.16. The molecule has 0 atom stereocenters. The summed E-state index contributed by atoms with van der Waals surface area (Å²) in [5.41, 5.74) is 1.71. The molecule has 1 aromatic carbocycles. The SMILES string of the molecule is CCc1nc(-c2n[nH]c3ccccc23)no1. The molecule has 80 valence electrons. The van der Waals surface area contributed by atoms with E-state index in [2.05, 4.69) is 20.3 Å². The lowest BCUT2D eigenvalue weighted by atomic mass is 10.2. The van der Waals surface area contributed by atoms with Crippen molar-refractivity contribution in [3.8, 4) is 11.5 Å². The topological polar surface area (TPSA) is 67.6 Å². The smallest absolute Gasteiger partial charge is 0.226 e. The molecule has 0 spiro atoms. The Kier molecular flexibility index (Phi) is 1.96. The second-order valence-corrected chi connectivity index (χ2v) is 3.48. The molecule has 0 amide bonds. The second-order valence-electron chi connectivity index (χ2n) is 3.48. The van der Waals surface area contributed by atoms with Crippen LogP contribution in [0.1, 0.15) is 12.8 Å². The third kappa shape index (κ3) is 1.29. The number of nitrogens with one attached hydrogen (secondary N) is 1. The molecule has 0 fully saturated rings. The van der Waals surface area contributed by atoms with Crippen LogP contribution in [0.2, 0.25) is 0 Å². The largest absolute Gasteiger partial charge is 0.339 e. The van der Waals surface area contributed by atoms with Crippen LogP contribution in [0.5, 0.6) is 0 Å². The van der Waals surface area contributed by atoms with E-state index < -0.39 is 0 Å². The van der Waals surface area contributed by atoms with Crippen LogP contribution in [0, 0.1) is 0 Å². The number of hydrogen-bond acceptors (Lipinski definition) is 4. The molecule has 0 unspecified atom stereocenters. The number of para-hydroxylation sites is 1. The van der Waals surface area contributed by atoms with Crippen molar-refractivity contribution in [1.29, 1.82) is 0 Å². The van der Waals surface area contributed by atoms with Gasteiger partial charge in [0.2, 0.25) is 11.7 Å². The first-order valence-corrected chi connectivity index (χ1v) is 5.14. The van der Waals surface area contributed by atoms with Gasteiger partial charge in [-0.3, -0.25) is 5.10 Å². The Morgan fingerprint density at radius 2 is 2.19 bits per heavy atom. The van der Waals surface area contributed by atoms with Crippen LogP contribution in [-0.2, 0) is 6.42 Å². The van der Waals surface area contributed by atoms with Crippen LogP contribution in [0.3, 0.4) is 0 Å². The summed E-state index contributed by atoms with van der Waals surface area (Å²) in [5, 5.41) is 12.1. The maximum Gasteiger partial charge on any atom is 0.226 e. The van der Waals surface area contributed by atoms with Gasteiger partial charge < -0.3 is 4.52 Å². The van der Waals surface area contributed by atoms with Crippen LogP contribution in [0.4, 0.5) is 0 Å². The predicted octanol–water partition coefficient (Wildman–Crippen LogP) is 2.18. The number of benzene rings is 1. The molecule has 0 bridgehead atoms. The van der Waals surface area contributed by atoms with E-state index in [1.807, 2.05) is 31.2 Å². The van der Waals surface area contributed by atoms with Crippen molar-refractivity contribution in [2.24, 2.45) is 0 Å². The summed E-state index contributed by atoms with van der Waals surface area (Å²) in [4.78, 5) is 4.26. The number of aryl methyl sites for hydroxylation is 1. The molecule has 1 N–H and O–H groups in total. The Bertz CT molecular complexity index is 625. The van der Waals surface area contributed by atoms with E-state index in [0.717, 1.165) is 23.0 Å². The van der Waals surface area contributed by atoms with Gasteiger partial charge in [-0.25, -0.2) is 0 Å². The summed E-state index contributed by atoms with van der Waals surface area (Å²) in [6.45, 7) is 1.97. The predicted molar refractivity (Wildman–Crippen MR) is 58.8 cm³/mol. The normalized spacial score (nSPS) is 11.1. The Morgan fingerprint density at radius 1 is 1.31 bits per heavy atom. The first-order valence-electron chi connectivity index (χ1n) is 5.14. The summed E-state index contributed by atoms with van der Waals surface area (Å²) in [6.07, 6.45) is 0.732. The van der Waals surface area contributed by atoms with E-state index in [9.17, 15) is 0 Å². The van der Waals surface area contributed by atoms with Crippen LogP contribution in [0.15, 0.2) is 28.8 Å². The molecule has 2 aromatic heterocycles. The Morgan fingerprint density at radius 3 is 3.00 bits per heavy atom. The van der Waals surface area contributed by atoms with Crippen molar-refractivity contribution in [3.05, 3.63) is 30.2 Å². The van der Waals surface area contributed by atoms with Gasteiger partial charge in [0.15, 0.2) is 0 Å². The average molecular weight is 214 g/mol. The summed E-state index contributed by atoms with van der Waals surface area (Å²) in [6, 6.07) is 7.86. The van der Waals surface area contributed by atoms with Gasteiger partial charge in [-0.1, -0.05) is 30.3 Å². The molecule has 2 heterocycles. The van der Waals surface area contributed by atoms with Crippen molar-refractivity contribution >= 4 is 10.9 Å². The second kappa shape index (κ2) is 3.44. The summed E-state index contributed by atoms with van der Waals surface area (Å²) < 4.78 is 5.07. The van der Waals surface area contributed by atoms with Gasteiger partial charge >= 0.3 is 0 Å². The number of hydrogen-bond donors (Lipinski definition) is 1. The van der Waals surface area contributed by atoms with Crippen LogP contribution in [-0.4, -0.2) is 20.3 Å². The standard InChI is InChI=1S/C11H10N4O/c1-2-9-12-11(15-16-9)10-7-5-3-4-6-8(7)13-14-10/h3-6H,2H2,1H3,(H,13,14). The molecule has 5 nitrogen and oxygen atoms in total. The van der Waals surface area contributed by atoms with Gasteiger partial charge in [0.1, 0.15) is 5.69 Å². The quantitative estimate of drug-likeness (QED) is 0.709. The van der Waals surface area contributed by atoms with E-state index in [-0.39, 0.29) is 0 Å². The number of rotatable bonds is 2. The van der Waals surface area contributed by atoms with Gasteiger partial charge in [-0.2, -0.15) is 10.1 Å². The van der Waals surface area contributed by atoms with Gasteiger partial charge in [0.05, 0.1) is 5.52 Å². The number of H-pyrrole nitrogens is 1. The lowest BCUT2D eigenvalue weighted by Crippen LogP contribution is -1.83. The fourth-order valence-electron chi connectivity index (χ4n) is 1.63. The van der Waals surface area contributed by atoms with Crippen molar-refractivity contribution in [2.45, 2.75) is 13.3 Å². The highest BCUT2D eigenvalue weighted by atomic mass is 16.5. The van der Waals surface area contributed by atoms with Crippen molar-refractivity contribution in [2.75, 3.05) is 0 Å². The maximum atomic E-state index is 5.07. The molecular weight excluding hydrogens is 204 g/mol. The summed E-state index contributed by atoms with van der Waals surface area (Å²) in [7, 11) is 0. The highest BCUT2D eigenvalue weighted by Gasteiger charge is 2.13. The van der Waals surface area contributed by atoms with Crippen molar-refractivity contribution in [1.82, 2.24) is 20.3 Å². The third-order valence-electron chi connectivity index (χ3n) is 2.45. The molecular formula is C11H10N4O. The number of aromatic nitrogens is 4. The molecule has 16 heavy (non-hydrogen) atoms. The molecule has 0 saturated heterocycles. The fourth-order valence-corrected chi connectivity index (χ4v) is 1.63. The zero-order valence-electron chi connectivity index (χ0n) is 8.77. The van der Waals surface area contributed by atoms with Gasteiger partial charge in [-0.05, 0) is 6.07 Å². The molecule has 3 rings (SSSR count). The molecule has 0 aliphatic carbocycles. The van der Waals surface area contributed by atoms with Crippen molar-refractivity contribution in [3.63, 3.8) is 0 Å². The molecule has 5 heteroatoms. The average Bonchev–Trinajstić information content (AvgIpc) is 2.94.